The molecule has 0 bridgehead atoms. The predicted octanol–water partition coefficient (Wildman–Crippen LogP) is 1.32. The van der Waals surface area contributed by atoms with Crippen molar-refractivity contribution in [3.8, 4) is 0 Å². The zero-order valence-corrected chi connectivity index (χ0v) is 10.5. The Kier molecular flexibility index (Phi) is 3.59. The van der Waals surface area contributed by atoms with Crippen LogP contribution >= 0.6 is 0 Å². The Labute approximate surface area is 110 Å². The molecule has 0 saturated carbocycles. The minimum atomic E-state index is -1.16. The summed E-state index contributed by atoms with van der Waals surface area (Å²) in [7, 11) is 0. The van der Waals surface area contributed by atoms with Gasteiger partial charge in [-0.3, -0.25) is 19.5 Å². The standard InChI is InChI=1S/C13H14N2O4/c1-2-3-6-9(13(18)19)15-11(16)8-5-4-7-14-10(8)12(15)17/h4-5,7,9H,2-3,6H2,1H3,(H,18,19). The summed E-state index contributed by atoms with van der Waals surface area (Å²) >= 11 is 0. The number of hydrogen-bond donors (Lipinski definition) is 1. The van der Waals surface area contributed by atoms with Crippen LogP contribution in [0.4, 0.5) is 0 Å². The number of pyridine rings is 1. The second-order valence-corrected chi connectivity index (χ2v) is 4.38. The van der Waals surface area contributed by atoms with Crippen molar-refractivity contribution in [2.45, 2.75) is 32.2 Å². The van der Waals surface area contributed by atoms with Gasteiger partial charge in [0, 0.05) is 6.20 Å². The highest BCUT2D eigenvalue weighted by molar-refractivity contribution is 6.21. The smallest absolute Gasteiger partial charge is 0.326 e. The van der Waals surface area contributed by atoms with Crippen LogP contribution in [0, 0.1) is 0 Å². The third kappa shape index (κ3) is 2.21. The Morgan fingerprint density at radius 1 is 1.42 bits per heavy atom. The first-order valence-corrected chi connectivity index (χ1v) is 6.13. The van der Waals surface area contributed by atoms with Gasteiger partial charge in [0.25, 0.3) is 11.8 Å². The Morgan fingerprint density at radius 2 is 2.16 bits per heavy atom. The van der Waals surface area contributed by atoms with E-state index in [1.807, 2.05) is 6.92 Å². The summed E-state index contributed by atoms with van der Waals surface area (Å²) in [6.07, 6.45) is 3.11. The number of carbonyl (C=O) groups excluding carboxylic acids is 2. The number of carboxylic acid groups (broad SMARTS) is 1. The number of nitrogens with zero attached hydrogens (tertiary/aromatic N) is 2. The van der Waals surface area contributed by atoms with Gasteiger partial charge in [0.1, 0.15) is 11.7 Å². The normalized spacial score (nSPS) is 15.5. The maximum atomic E-state index is 12.1. The average molecular weight is 262 g/mol. The lowest BCUT2D eigenvalue weighted by Gasteiger charge is -2.21. The Morgan fingerprint density at radius 3 is 2.74 bits per heavy atom. The number of unbranched alkanes of at least 4 members (excludes halogenated alkanes) is 1. The van der Waals surface area contributed by atoms with Crippen molar-refractivity contribution in [1.29, 1.82) is 0 Å². The largest absolute Gasteiger partial charge is 0.480 e. The van der Waals surface area contributed by atoms with Gasteiger partial charge in [0.15, 0.2) is 0 Å². The minimum Gasteiger partial charge on any atom is -0.480 e. The van der Waals surface area contributed by atoms with Crippen LogP contribution in [-0.4, -0.2) is 38.8 Å². The monoisotopic (exact) mass is 262 g/mol. The van der Waals surface area contributed by atoms with Gasteiger partial charge in [-0.15, -0.1) is 0 Å². The van der Waals surface area contributed by atoms with E-state index >= 15 is 0 Å². The third-order valence-electron chi connectivity index (χ3n) is 3.11. The number of aliphatic carboxylic acids is 1. The highest BCUT2D eigenvalue weighted by Gasteiger charge is 2.43. The summed E-state index contributed by atoms with van der Waals surface area (Å²) in [5.41, 5.74) is 0.213. The minimum absolute atomic E-state index is 0.0373. The highest BCUT2D eigenvalue weighted by Crippen LogP contribution is 2.24. The fourth-order valence-corrected chi connectivity index (χ4v) is 2.13. The SMILES string of the molecule is CCCCC(C(=O)O)N1C(=O)c2cccnc2C1=O. The second-order valence-electron chi connectivity index (χ2n) is 4.38. The molecular weight excluding hydrogens is 248 g/mol. The Balaban J connectivity index is 2.33. The van der Waals surface area contributed by atoms with E-state index < -0.39 is 23.8 Å². The van der Waals surface area contributed by atoms with Crippen LogP contribution in [0.3, 0.4) is 0 Å². The molecule has 2 heterocycles. The number of fused-ring (bicyclic) bond motifs is 1. The fourth-order valence-electron chi connectivity index (χ4n) is 2.13. The molecule has 1 aromatic rings. The van der Waals surface area contributed by atoms with Crippen molar-refractivity contribution in [2.24, 2.45) is 0 Å². The fraction of sp³-hybridized carbons (Fsp3) is 0.385. The summed E-state index contributed by atoms with van der Waals surface area (Å²) in [4.78, 5) is 40.2. The molecule has 1 aromatic heterocycles. The van der Waals surface area contributed by atoms with Crippen LogP contribution in [0.25, 0.3) is 0 Å². The molecule has 0 spiro atoms. The van der Waals surface area contributed by atoms with E-state index in [0.29, 0.717) is 6.42 Å². The molecule has 1 aliphatic heterocycles. The van der Waals surface area contributed by atoms with Crippen LogP contribution in [0.1, 0.15) is 47.0 Å². The number of imide groups is 1. The molecule has 2 amide bonds. The van der Waals surface area contributed by atoms with Crippen molar-refractivity contribution in [2.75, 3.05) is 0 Å². The zero-order chi connectivity index (χ0) is 14.0. The van der Waals surface area contributed by atoms with Crippen molar-refractivity contribution in [3.63, 3.8) is 0 Å². The summed E-state index contributed by atoms with van der Waals surface area (Å²) in [5.74, 6) is -2.36. The molecule has 6 nitrogen and oxygen atoms in total. The first-order valence-electron chi connectivity index (χ1n) is 6.13. The van der Waals surface area contributed by atoms with E-state index in [0.717, 1.165) is 11.3 Å². The summed E-state index contributed by atoms with van der Waals surface area (Å²) < 4.78 is 0. The maximum Gasteiger partial charge on any atom is 0.326 e. The second kappa shape index (κ2) is 5.17. The van der Waals surface area contributed by atoms with E-state index in [1.165, 1.54) is 12.3 Å². The molecule has 19 heavy (non-hydrogen) atoms. The molecule has 1 atom stereocenters. The Hall–Kier alpha value is -2.24. The van der Waals surface area contributed by atoms with Crippen molar-refractivity contribution in [3.05, 3.63) is 29.6 Å². The van der Waals surface area contributed by atoms with Crippen LogP contribution in [-0.2, 0) is 4.79 Å². The lowest BCUT2D eigenvalue weighted by atomic mass is 10.1. The molecule has 2 rings (SSSR count). The maximum absolute atomic E-state index is 12.1. The van der Waals surface area contributed by atoms with Crippen molar-refractivity contribution in [1.82, 2.24) is 9.88 Å². The van der Waals surface area contributed by atoms with E-state index in [2.05, 4.69) is 4.98 Å². The van der Waals surface area contributed by atoms with Crippen molar-refractivity contribution < 1.29 is 19.5 Å². The van der Waals surface area contributed by atoms with Gasteiger partial charge in [-0.05, 0) is 18.6 Å². The van der Waals surface area contributed by atoms with Gasteiger partial charge in [-0.2, -0.15) is 0 Å². The highest BCUT2D eigenvalue weighted by atomic mass is 16.4. The number of amides is 2. The molecule has 100 valence electrons. The molecule has 0 fully saturated rings. The quantitative estimate of drug-likeness (QED) is 0.808. The summed E-state index contributed by atoms with van der Waals surface area (Å²) in [6.45, 7) is 1.92. The molecule has 6 heteroatoms. The lowest BCUT2D eigenvalue weighted by molar-refractivity contribution is -0.141. The van der Waals surface area contributed by atoms with Crippen LogP contribution in [0.15, 0.2) is 18.3 Å². The molecular formula is C13H14N2O4. The molecule has 0 aromatic carbocycles. The molecule has 0 saturated heterocycles. The van der Waals surface area contributed by atoms with Crippen LogP contribution in [0.2, 0.25) is 0 Å². The van der Waals surface area contributed by atoms with E-state index in [4.69, 9.17) is 0 Å². The third-order valence-corrected chi connectivity index (χ3v) is 3.11. The number of carboxylic acids is 1. The van der Waals surface area contributed by atoms with Gasteiger partial charge in [0.2, 0.25) is 0 Å². The van der Waals surface area contributed by atoms with Gasteiger partial charge in [-0.25, -0.2) is 4.79 Å². The number of rotatable bonds is 5. The van der Waals surface area contributed by atoms with E-state index in [-0.39, 0.29) is 17.7 Å². The molecule has 0 aliphatic carbocycles. The van der Waals surface area contributed by atoms with Crippen LogP contribution in [0.5, 0.6) is 0 Å². The summed E-state index contributed by atoms with van der Waals surface area (Å²) in [5, 5.41) is 9.21. The summed E-state index contributed by atoms with van der Waals surface area (Å²) in [6, 6.07) is 1.92. The van der Waals surface area contributed by atoms with Gasteiger partial charge < -0.3 is 5.11 Å². The molecule has 1 unspecified atom stereocenters. The van der Waals surface area contributed by atoms with E-state index in [1.54, 1.807) is 6.07 Å². The lowest BCUT2D eigenvalue weighted by Crippen LogP contribution is -2.44. The topological polar surface area (TPSA) is 87.6 Å². The average Bonchev–Trinajstić information content (AvgIpc) is 2.64. The molecule has 0 radical (unpaired) electrons. The first kappa shape index (κ1) is 13.2. The van der Waals surface area contributed by atoms with Crippen LogP contribution < -0.4 is 0 Å². The first-order chi connectivity index (χ1) is 9.07. The van der Waals surface area contributed by atoms with Crippen molar-refractivity contribution >= 4 is 17.8 Å². The molecule has 1 aliphatic rings. The predicted molar refractivity (Wildman–Crippen MR) is 65.7 cm³/mol. The Bertz CT molecular complexity index is 506. The van der Waals surface area contributed by atoms with E-state index in [9.17, 15) is 19.5 Å². The number of aromatic nitrogens is 1. The zero-order valence-electron chi connectivity index (χ0n) is 10.5. The number of carbonyl (C=O) groups is 3. The van der Waals surface area contributed by atoms with Gasteiger partial charge >= 0.3 is 5.97 Å². The molecule has 1 N–H and O–H groups in total. The van der Waals surface area contributed by atoms with Gasteiger partial charge in [0.05, 0.1) is 5.56 Å². The number of hydrogen-bond acceptors (Lipinski definition) is 4. The van der Waals surface area contributed by atoms with Gasteiger partial charge in [-0.1, -0.05) is 19.8 Å².